The molecule has 92 valence electrons. The summed E-state index contributed by atoms with van der Waals surface area (Å²) < 4.78 is 0. The minimum Gasteiger partial charge on any atom is -0.382 e. The molecule has 1 aliphatic carbocycles. The smallest absolute Gasteiger partial charge is 0.274 e. The molecule has 1 aromatic carbocycles. The summed E-state index contributed by atoms with van der Waals surface area (Å²) in [5.74, 6) is 0.749. The molecule has 1 N–H and O–H groups in total. The summed E-state index contributed by atoms with van der Waals surface area (Å²) in [6.45, 7) is 3.96. The van der Waals surface area contributed by atoms with E-state index in [1.807, 2.05) is 6.07 Å². The Morgan fingerprint density at radius 2 is 2.24 bits per heavy atom. The topological polar surface area (TPSA) is 55.2 Å². The van der Waals surface area contributed by atoms with Gasteiger partial charge in [0.1, 0.15) is 0 Å². The Bertz CT molecular complexity index is 427. The van der Waals surface area contributed by atoms with E-state index in [1.165, 1.54) is 12.8 Å². The van der Waals surface area contributed by atoms with Gasteiger partial charge in [0, 0.05) is 23.4 Å². The van der Waals surface area contributed by atoms with E-state index in [9.17, 15) is 10.1 Å². The number of rotatable bonds is 5. The van der Waals surface area contributed by atoms with Crippen LogP contribution >= 0.6 is 0 Å². The van der Waals surface area contributed by atoms with Crippen molar-refractivity contribution in [3.8, 4) is 0 Å². The molecule has 1 aliphatic rings. The zero-order valence-corrected chi connectivity index (χ0v) is 10.3. The van der Waals surface area contributed by atoms with Crippen LogP contribution in [0.5, 0.6) is 0 Å². The minimum absolute atomic E-state index is 0.195. The first-order valence-corrected chi connectivity index (χ1v) is 6.14. The van der Waals surface area contributed by atoms with E-state index >= 15 is 0 Å². The van der Waals surface area contributed by atoms with Crippen LogP contribution in [0, 0.1) is 23.0 Å². The van der Waals surface area contributed by atoms with Crippen molar-refractivity contribution in [1.82, 2.24) is 0 Å². The van der Waals surface area contributed by atoms with Crippen molar-refractivity contribution in [1.29, 1.82) is 0 Å². The van der Waals surface area contributed by atoms with Gasteiger partial charge in [-0.3, -0.25) is 10.1 Å². The molecule has 1 atom stereocenters. The maximum atomic E-state index is 10.9. The van der Waals surface area contributed by atoms with Crippen LogP contribution in [0.15, 0.2) is 18.2 Å². The van der Waals surface area contributed by atoms with Gasteiger partial charge in [0.2, 0.25) is 0 Å². The normalized spacial score (nSPS) is 16.6. The van der Waals surface area contributed by atoms with E-state index in [0.717, 1.165) is 23.6 Å². The highest BCUT2D eigenvalue weighted by Crippen LogP contribution is 2.36. The van der Waals surface area contributed by atoms with Crippen LogP contribution in [0.4, 0.5) is 11.4 Å². The fourth-order valence-corrected chi connectivity index (χ4v) is 2.23. The van der Waals surface area contributed by atoms with Gasteiger partial charge in [0.15, 0.2) is 0 Å². The van der Waals surface area contributed by atoms with Crippen molar-refractivity contribution in [2.45, 2.75) is 39.2 Å². The lowest BCUT2D eigenvalue weighted by Crippen LogP contribution is -2.21. The van der Waals surface area contributed by atoms with Crippen molar-refractivity contribution >= 4 is 11.4 Å². The number of benzene rings is 1. The second kappa shape index (κ2) is 4.73. The summed E-state index contributed by atoms with van der Waals surface area (Å²) in [7, 11) is 0. The molecular weight excluding hydrogens is 216 g/mol. The predicted molar refractivity (Wildman–Crippen MR) is 68.3 cm³/mol. The number of nitro groups is 1. The molecule has 0 saturated heterocycles. The molecule has 1 aromatic rings. The van der Waals surface area contributed by atoms with E-state index in [-0.39, 0.29) is 10.6 Å². The van der Waals surface area contributed by atoms with Gasteiger partial charge in [-0.25, -0.2) is 0 Å². The van der Waals surface area contributed by atoms with Crippen LogP contribution in [0.3, 0.4) is 0 Å². The Kier molecular flexibility index (Phi) is 3.31. The fourth-order valence-electron chi connectivity index (χ4n) is 2.23. The van der Waals surface area contributed by atoms with E-state index in [2.05, 4.69) is 12.2 Å². The molecule has 0 aromatic heterocycles. The number of hydrogen-bond acceptors (Lipinski definition) is 3. The van der Waals surface area contributed by atoms with Crippen LogP contribution in [0.2, 0.25) is 0 Å². The first-order valence-electron chi connectivity index (χ1n) is 6.14. The molecule has 4 heteroatoms. The third kappa shape index (κ3) is 2.57. The summed E-state index contributed by atoms with van der Waals surface area (Å²) >= 11 is 0. The summed E-state index contributed by atoms with van der Waals surface area (Å²) in [6, 6.07) is 5.68. The maximum absolute atomic E-state index is 10.9. The summed E-state index contributed by atoms with van der Waals surface area (Å²) in [6.07, 6.45) is 3.62. The molecule has 1 unspecified atom stereocenters. The number of hydrogen-bond donors (Lipinski definition) is 1. The number of nitro benzene ring substituents is 1. The molecule has 4 nitrogen and oxygen atoms in total. The van der Waals surface area contributed by atoms with E-state index in [0.29, 0.717) is 6.04 Å². The predicted octanol–water partition coefficient (Wildman–Crippen LogP) is 3.50. The van der Waals surface area contributed by atoms with Gasteiger partial charge in [0.05, 0.1) is 4.92 Å². The lowest BCUT2D eigenvalue weighted by Gasteiger charge is -2.19. The van der Waals surface area contributed by atoms with Crippen molar-refractivity contribution in [3.63, 3.8) is 0 Å². The third-order valence-electron chi connectivity index (χ3n) is 3.47. The SMILES string of the molecule is CCC(Nc1cccc([N+](=O)[O-])c1C)C1CC1. The Morgan fingerprint density at radius 3 is 2.76 bits per heavy atom. The Morgan fingerprint density at radius 1 is 1.53 bits per heavy atom. The third-order valence-corrected chi connectivity index (χ3v) is 3.47. The fraction of sp³-hybridized carbons (Fsp3) is 0.538. The zero-order valence-electron chi connectivity index (χ0n) is 10.3. The van der Waals surface area contributed by atoms with Crippen LogP contribution in [-0.4, -0.2) is 11.0 Å². The molecule has 0 radical (unpaired) electrons. The Hall–Kier alpha value is -1.58. The Labute approximate surface area is 101 Å². The van der Waals surface area contributed by atoms with E-state index in [4.69, 9.17) is 0 Å². The van der Waals surface area contributed by atoms with Crippen LogP contribution in [0.25, 0.3) is 0 Å². The lowest BCUT2D eigenvalue weighted by molar-refractivity contribution is -0.385. The summed E-state index contributed by atoms with van der Waals surface area (Å²) in [5, 5.41) is 14.3. The quantitative estimate of drug-likeness (QED) is 0.626. The highest BCUT2D eigenvalue weighted by atomic mass is 16.6. The first kappa shape index (κ1) is 11.9. The molecule has 17 heavy (non-hydrogen) atoms. The average molecular weight is 234 g/mol. The molecule has 0 aliphatic heterocycles. The Balaban J connectivity index is 2.20. The number of anilines is 1. The van der Waals surface area contributed by atoms with E-state index < -0.39 is 0 Å². The minimum atomic E-state index is -0.321. The molecule has 1 saturated carbocycles. The van der Waals surface area contributed by atoms with Gasteiger partial charge >= 0.3 is 0 Å². The van der Waals surface area contributed by atoms with Crippen molar-refractivity contribution in [3.05, 3.63) is 33.9 Å². The van der Waals surface area contributed by atoms with Crippen LogP contribution in [0.1, 0.15) is 31.7 Å². The number of nitrogens with zero attached hydrogens (tertiary/aromatic N) is 1. The second-order valence-corrected chi connectivity index (χ2v) is 4.70. The van der Waals surface area contributed by atoms with Crippen LogP contribution in [-0.2, 0) is 0 Å². The van der Waals surface area contributed by atoms with Crippen molar-refractivity contribution in [2.24, 2.45) is 5.92 Å². The van der Waals surface area contributed by atoms with Gasteiger partial charge in [-0.2, -0.15) is 0 Å². The highest BCUT2D eigenvalue weighted by Gasteiger charge is 2.30. The van der Waals surface area contributed by atoms with Gasteiger partial charge in [-0.15, -0.1) is 0 Å². The van der Waals surface area contributed by atoms with E-state index in [1.54, 1.807) is 19.1 Å². The number of nitrogens with one attached hydrogen (secondary N) is 1. The van der Waals surface area contributed by atoms with Crippen molar-refractivity contribution in [2.75, 3.05) is 5.32 Å². The summed E-state index contributed by atoms with van der Waals surface area (Å²) in [5.41, 5.74) is 1.83. The summed E-state index contributed by atoms with van der Waals surface area (Å²) in [4.78, 5) is 10.5. The largest absolute Gasteiger partial charge is 0.382 e. The standard InChI is InChI=1S/C13H18N2O2/c1-3-11(10-7-8-10)14-12-5-4-6-13(9(12)2)15(16)17/h4-6,10-11,14H,3,7-8H2,1-2H3. The molecule has 0 heterocycles. The highest BCUT2D eigenvalue weighted by molar-refractivity contribution is 5.60. The second-order valence-electron chi connectivity index (χ2n) is 4.70. The molecule has 0 bridgehead atoms. The van der Waals surface area contributed by atoms with Crippen LogP contribution < -0.4 is 5.32 Å². The monoisotopic (exact) mass is 234 g/mol. The van der Waals surface area contributed by atoms with Gasteiger partial charge < -0.3 is 5.32 Å². The molecular formula is C13H18N2O2. The van der Waals surface area contributed by atoms with Gasteiger partial charge in [-0.05, 0) is 38.2 Å². The molecule has 2 rings (SSSR count). The molecule has 1 fully saturated rings. The molecule has 0 amide bonds. The molecule has 0 spiro atoms. The van der Waals surface area contributed by atoms with Crippen molar-refractivity contribution < 1.29 is 4.92 Å². The average Bonchev–Trinajstić information content (AvgIpc) is 3.11. The first-order chi connectivity index (χ1) is 8.13. The van der Waals surface area contributed by atoms with Gasteiger partial charge in [0.25, 0.3) is 5.69 Å². The lowest BCUT2D eigenvalue weighted by atomic mass is 10.1. The zero-order chi connectivity index (χ0) is 12.4. The van der Waals surface area contributed by atoms with Gasteiger partial charge in [-0.1, -0.05) is 13.0 Å². The maximum Gasteiger partial charge on any atom is 0.274 e.